The van der Waals surface area contributed by atoms with Gasteiger partial charge < -0.3 is 5.73 Å². The third-order valence-corrected chi connectivity index (χ3v) is 5.04. The maximum Gasteiger partial charge on any atom is 0.270 e. The number of likely N-dealkylation sites (tertiary alicyclic amines) is 1. The Morgan fingerprint density at radius 3 is 2.58 bits per heavy atom. The van der Waals surface area contributed by atoms with Gasteiger partial charge in [0.2, 0.25) is 0 Å². The highest BCUT2D eigenvalue weighted by Gasteiger charge is 2.32. The number of non-ortho nitro benzene ring substituents is 1. The standard InChI is InChI=1S/C18H20ClN3O2/c19-18-8-16(22(23)24)7-6-14(18)10-21-11-15(9-20)17(12-21)13-4-2-1-3-5-13/h1-8,15,17H,9-12,20H2/t15-,17+/m1/s1. The molecule has 2 aromatic carbocycles. The van der Waals surface area contributed by atoms with E-state index in [-0.39, 0.29) is 5.69 Å². The van der Waals surface area contributed by atoms with E-state index in [1.54, 1.807) is 6.07 Å². The number of hydrogen-bond donors (Lipinski definition) is 1. The van der Waals surface area contributed by atoms with Crippen molar-refractivity contribution in [3.05, 3.63) is 74.8 Å². The minimum absolute atomic E-state index is 0.0205. The zero-order chi connectivity index (χ0) is 17.1. The van der Waals surface area contributed by atoms with Crippen LogP contribution in [-0.2, 0) is 6.54 Å². The zero-order valence-electron chi connectivity index (χ0n) is 13.3. The highest BCUT2D eigenvalue weighted by molar-refractivity contribution is 6.31. The van der Waals surface area contributed by atoms with Crippen LogP contribution in [0.5, 0.6) is 0 Å². The Hall–Kier alpha value is -1.95. The quantitative estimate of drug-likeness (QED) is 0.665. The zero-order valence-corrected chi connectivity index (χ0v) is 14.0. The van der Waals surface area contributed by atoms with Crippen molar-refractivity contribution in [2.24, 2.45) is 11.7 Å². The van der Waals surface area contributed by atoms with Gasteiger partial charge in [-0.25, -0.2) is 0 Å². The van der Waals surface area contributed by atoms with E-state index in [4.69, 9.17) is 17.3 Å². The molecule has 0 spiro atoms. The third kappa shape index (κ3) is 3.59. The van der Waals surface area contributed by atoms with Crippen LogP contribution in [0.25, 0.3) is 0 Å². The van der Waals surface area contributed by atoms with Crippen molar-refractivity contribution < 1.29 is 4.92 Å². The van der Waals surface area contributed by atoms with E-state index in [1.807, 2.05) is 6.07 Å². The molecule has 3 rings (SSSR count). The predicted octanol–water partition coefficient (Wildman–Crippen LogP) is 3.42. The van der Waals surface area contributed by atoms with E-state index < -0.39 is 4.92 Å². The molecule has 0 radical (unpaired) electrons. The molecule has 5 nitrogen and oxygen atoms in total. The molecular formula is C18H20ClN3O2. The fourth-order valence-electron chi connectivity index (χ4n) is 3.43. The molecule has 0 amide bonds. The Kier molecular flexibility index (Phi) is 5.14. The summed E-state index contributed by atoms with van der Waals surface area (Å²) in [5.41, 5.74) is 8.21. The van der Waals surface area contributed by atoms with Crippen LogP contribution >= 0.6 is 11.6 Å². The van der Waals surface area contributed by atoms with Crippen LogP contribution in [-0.4, -0.2) is 29.5 Å². The molecule has 1 fully saturated rings. The molecule has 2 N–H and O–H groups in total. The van der Waals surface area contributed by atoms with E-state index >= 15 is 0 Å². The fourth-order valence-corrected chi connectivity index (χ4v) is 3.66. The number of nitrogens with zero attached hydrogens (tertiary/aromatic N) is 2. The van der Waals surface area contributed by atoms with Gasteiger partial charge in [-0.2, -0.15) is 0 Å². The Morgan fingerprint density at radius 1 is 1.21 bits per heavy atom. The molecule has 1 aliphatic rings. The van der Waals surface area contributed by atoms with Crippen molar-refractivity contribution in [1.82, 2.24) is 4.90 Å². The first-order chi connectivity index (χ1) is 11.6. The molecule has 1 saturated heterocycles. The van der Waals surface area contributed by atoms with Crippen molar-refractivity contribution in [3.8, 4) is 0 Å². The lowest BCUT2D eigenvalue weighted by molar-refractivity contribution is -0.384. The molecule has 126 valence electrons. The number of nitro benzene ring substituents is 1. The first-order valence-electron chi connectivity index (χ1n) is 7.98. The highest BCUT2D eigenvalue weighted by atomic mass is 35.5. The van der Waals surface area contributed by atoms with Gasteiger partial charge in [-0.15, -0.1) is 0 Å². The first-order valence-corrected chi connectivity index (χ1v) is 8.36. The van der Waals surface area contributed by atoms with E-state index in [2.05, 4.69) is 29.2 Å². The minimum atomic E-state index is -0.429. The number of benzene rings is 2. The normalized spacial score (nSPS) is 21.1. The van der Waals surface area contributed by atoms with Crippen LogP contribution in [0.1, 0.15) is 17.0 Å². The summed E-state index contributed by atoms with van der Waals surface area (Å²) in [4.78, 5) is 12.7. The average molecular weight is 346 g/mol. The van der Waals surface area contributed by atoms with Crippen molar-refractivity contribution in [1.29, 1.82) is 0 Å². The molecule has 2 aromatic rings. The first kappa shape index (κ1) is 16.9. The lowest BCUT2D eigenvalue weighted by Crippen LogP contribution is -2.23. The van der Waals surface area contributed by atoms with E-state index in [0.717, 1.165) is 18.7 Å². The molecule has 24 heavy (non-hydrogen) atoms. The maximum absolute atomic E-state index is 10.8. The molecule has 0 aromatic heterocycles. The Morgan fingerprint density at radius 2 is 1.96 bits per heavy atom. The second-order valence-electron chi connectivity index (χ2n) is 6.24. The number of hydrogen-bond acceptors (Lipinski definition) is 4. The van der Waals surface area contributed by atoms with Crippen LogP contribution in [0.2, 0.25) is 5.02 Å². The second-order valence-corrected chi connectivity index (χ2v) is 6.65. The maximum atomic E-state index is 10.8. The van der Waals surface area contributed by atoms with Crippen LogP contribution in [0.15, 0.2) is 48.5 Å². The minimum Gasteiger partial charge on any atom is -0.330 e. The SMILES string of the molecule is NC[C@@H]1CN(Cc2ccc([N+](=O)[O-])cc2Cl)C[C@H]1c1ccccc1. The van der Waals surface area contributed by atoms with Gasteiger partial charge in [0.1, 0.15) is 0 Å². The topological polar surface area (TPSA) is 72.4 Å². The van der Waals surface area contributed by atoms with Gasteiger partial charge in [0.25, 0.3) is 5.69 Å². The summed E-state index contributed by atoms with van der Waals surface area (Å²) in [7, 11) is 0. The Bertz CT molecular complexity index is 723. The van der Waals surface area contributed by atoms with Gasteiger partial charge >= 0.3 is 0 Å². The summed E-state index contributed by atoms with van der Waals surface area (Å²) in [6.07, 6.45) is 0. The summed E-state index contributed by atoms with van der Waals surface area (Å²) < 4.78 is 0. The highest BCUT2D eigenvalue weighted by Crippen LogP contribution is 2.34. The summed E-state index contributed by atoms with van der Waals surface area (Å²) in [5, 5.41) is 11.3. The van der Waals surface area contributed by atoms with Gasteiger partial charge in [0.15, 0.2) is 0 Å². The van der Waals surface area contributed by atoms with Crippen LogP contribution in [0.4, 0.5) is 5.69 Å². The number of halogens is 1. The van der Waals surface area contributed by atoms with Gasteiger partial charge in [0, 0.05) is 37.7 Å². The van der Waals surface area contributed by atoms with E-state index in [9.17, 15) is 10.1 Å². The molecule has 0 bridgehead atoms. The second kappa shape index (κ2) is 7.30. The van der Waals surface area contributed by atoms with Gasteiger partial charge in [0.05, 0.1) is 9.95 Å². The molecule has 0 saturated carbocycles. The third-order valence-electron chi connectivity index (χ3n) is 4.69. The molecule has 6 heteroatoms. The number of rotatable bonds is 5. The van der Waals surface area contributed by atoms with Gasteiger partial charge in [-0.05, 0) is 29.7 Å². The monoisotopic (exact) mass is 345 g/mol. The predicted molar refractivity (Wildman–Crippen MR) is 95.1 cm³/mol. The van der Waals surface area contributed by atoms with Crippen LogP contribution < -0.4 is 5.73 Å². The summed E-state index contributed by atoms with van der Waals surface area (Å²) in [6.45, 7) is 3.14. The molecule has 1 aliphatic heterocycles. The van der Waals surface area contributed by atoms with Gasteiger partial charge in [-0.3, -0.25) is 15.0 Å². The Labute approximate surface area is 146 Å². The largest absolute Gasteiger partial charge is 0.330 e. The number of nitro groups is 1. The lowest BCUT2D eigenvalue weighted by atomic mass is 9.89. The van der Waals surface area contributed by atoms with Crippen molar-refractivity contribution in [2.75, 3.05) is 19.6 Å². The molecular weight excluding hydrogens is 326 g/mol. The molecule has 0 aliphatic carbocycles. The van der Waals surface area contributed by atoms with Gasteiger partial charge in [-0.1, -0.05) is 41.9 Å². The summed E-state index contributed by atoms with van der Waals surface area (Å²) >= 11 is 6.22. The molecule has 2 atom stereocenters. The van der Waals surface area contributed by atoms with E-state index in [0.29, 0.717) is 29.9 Å². The molecule has 1 heterocycles. The van der Waals surface area contributed by atoms with Crippen LogP contribution in [0, 0.1) is 16.0 Å². The molecule has 0 unspecified atom stereocenters. The summed E-state index contributed by atoms with van der Waals surface area (Å²) in [6, 6.07) is 15.1. The average Bonchev–Trinajstić information content (AvgIpc) is 3.00. The summed E-state index contributed by atoms with van der Waals surface area (Å²) in [5.74, 6) is 0.817. The number of nitrogens with two attached hydrogens (primary N) is 1. The van der Waals surface area contributed by atoms with E-state index in [1.165, 1.54) is 17.7 Å². The van der Waals surface area contributed by atoms with Crippen molar-refractivity contribution in [3.63, 3.8) is 0 Å². The lowest BCUT2D eigenvalue weighted by Gasteiger charge is -2.17. The Balaban J connectivity index is 1.74. The fraction of sp³-hybridized carbons (Fsp3) is 0.333. The van der Waals surface area contributed by atoms with Crippen LogP contribution in [0.3, 0.4) is 0 Å². The van der Waals surface area contributed by atoms with Crippen molar-refractivity contribution >= 4 is 17.3 Å². The smallest absolute Gasteiger partial charge is 0.270 e. The van der Waals surface area contributed by atoms with Crippen molar-refractivity contribution in [2.45, 2.75) is 12.5 Å².